The third kappa shape index (κ3) is 1.93. The summed E-state index contributed by atoms with van der Waals surface area (Å²) in [6.07, 6.45) is 2.15. The van der Waals surface area contributed by atoms with Crippen LogP contribution >= 0.6 is 24.0 Å². The molecule has 0 saturated heterocycles. The van der Waals surface area contributed by atoms with E-state index in [4.69, 9.17) is 12.2 Å². The third-order valence-corrected chi connectivity index (χ3v) is 4.44. The summed E-state index contributed by atoms with van der Waals surface area (Å²) in [6, 6.07) is 4.65. The molecule has 2 aliphatic rings. The number of anilines is 2. The fraction of sp³-hybridized carbons (Fsp3) is 0.250. The minimum absolute atomic E-state index is 0.165. The van der Waals surface area contributed by atoms with Gasteiger partial charge in [-0.05, 0) is 30.0 Å². The van der Waals surface area contributed by atoms with Crippen molar-refractivity contribution in [2.75, 3.05) is 10.6 Å². The number of hydrogen-bond acceptors (Lipinski definition) is 3. The molecule has 2 unspecified atom stereocenters. The molecule has 2 N–H and O–H groups in total. The SMILES string of the molecule is CC1=CC2C(=S)Nc3ccc(F)cc3NC2S1. The first kappa shape index (κ1) is 11.0. The summed E-state index contributed by atoms with van der Waals surface area (Å²) < 4.78 is 13.2. The van der Waals surface area contributed by atoms with Crippen LogP contribution in [0.5, 0.6) is 0 Å². The second kappa shape index (κ2) is 3.99. The van der Waals surface area contributed by atoms with Crippen LogP contribution in [-0.4, -0.2) is 10.4 Å². The molecule has 1 aromatic rings. The average molecular weight is 266 g/mol. The molecule has 2 heterocycles. The summed E-state index contributed by atoms with van der Waals surface area (Å²) in [6.45, 7) is 2.07. The Morgan fingerprint density at radius 1 is 1.35 bits per heavy atom. The van der Waals surface area contributed by atoms with Crippen molar-refractivity contribution >= 4 is 40.3 Å². The standard InChI is InChI=1S/C12H11FN2S2/c1-6-4-8-11(16)14-9-3-2-7(13)5-10(9)15-12(8)17-6/h2-5,8,12,15H,1H3,(H,14,16). The Hall–Kier alpha value is -1.07. The first-order valence-electron chi connectivity index (χ1n) is 5.35. The zero-order chi connectivity index (χ0) is 12.0. The fourth-order valence-corrected chi connectivity index (χ4v) is 3.67. The first-order valence-corrected chi connectivity index (χ1v) is 6.64. The van der Waals surface area contributed by atoms with Crippen molar-refractivity contribution in [3.8, 4) is 0 Å². The largest absolute Gasteiger partial charge is 0.370 e. The van der Waals surface area contributed by atoms with Gasteiger partial charge in [-0.2, -0.15) is 0 Å². The lowest BCUT2D eigenvalue weighted by Crippen LogP contribution is -2.27. The van der Waals surface area contributed by atoms with E-state index in [0.717, 1.165) is 16.4 Å². The van der Waals surface area contributed by atoms with Gasteiger partial charge in [0.05, 0.1) is 27.7 Å². The molecule has 2 atom stereocenters. The topological polar surface area (TPSA) is 24.1 Å². The van der Waals surface area contributed by atoms with Gasteiger partial charge in [0.1, 0.15) is 5.82 Å². The maximum absolute atomic E-state index is 13.2. The molecule has 0 amide bonds. The Balaban J connectivity index is 2.01. The Labute approximate surface area is 109 Å². The summed E-state index contributed by atoms with van der Waals surface area (Å²) in [5.41, 5.74) is 1.62. The Morgan fingerprint density at radius 2 is 2.18 bits per heavy atom. The predicted molar refractivity (Wildman–Crippen MR) is 74.9 cm³/mol. The summed E-state index contributed by atoms with van der Waals surface area (Å²) >= 11 is 7.13. The van der Waals surface area contributed by atoms with E-state index in [1.165, 1.54) is 17.0 Å². The summed E-state index contributed by atoms with van der Waals surface area (Å²) in [4.78, 5) is 2.04. The van der Waals surface area contributed by atoms with Crippen LogP contribution in [-0.2, 0) is 0 Å². The predicted octanol–water partition coefficient (Wildman–Crippen LogP) is 3.58. The number of rotatable bonds is 0. The van der Waals surface area contributed by atoms with Crippen molar-refractivity contribution in [3.63, 3.8) is 0 Å². The lowest BCUT2D eigenvalue weighted by atomic mass is 10.1. The van der Waals surface area contributed by atoms with E-state index in [9.17, 15) is 4.39 Å². The Morgan fingerprint density at radius 3 is 3.00 bits per heavy atom. The van der Waals surface area contributed by atoms with Gasteiger partial charge >= 0.3 is 0 Å². The molecule has 0 saturated carbocycles. The van der Waals surface area contributed by atoms with Crippen LogP contribution in [0.4, 0.5) is 15.8 Å². The van der Waals surface area contributed by atoms with E-state index in [2.05, 4.69) is 23.6 Å². The molecule has 0 radical (unpaired) electrons. The Kier molecular flexibility index (Phi) is 2.60. The zero-order valence-electron chi connectivity index (χ0n) is 9.16. The number of halogens is 1. The van der Waals surface area contributed by atoms with E-state index in [-0.39, 0.29) is 17.1 Å². The van der Waals surface area contributed by atoms with Gasteiger partial charge in [0.15, 0.2) is 0 Å². The summed E-state index contributed by atoms with van der Waals surface area (Å²) in [5, 5.41) is 6.69. The summed E-state index contributed by atoms with van der Waals surface area (Å²) in [5.74, 6) is -0.0689. The van der Waals surface area contributed by atoms with Crippen molar-refractivity contribution in [1.29, 1.82) is 0 Å². The molecule has 0 fully saturated rings. The zero-order valence-corrected chi connectivity index (χ0v) is 10.8. The maximum Gasteiger partial charge on any atom is 0.125 e. The van der Waals surface area contributed by atoms with Gasteiger partial charge in [-0.15, -0.1) is 11.8 Å². The van der Waals surface area contributed by atoms with Crippen molar-refractivity contribution < 1.29 is 4.39 Å². The van der Waals surface area contributed by atoms with Crippen molar-refractivity contribution in [2.45, 2.75) is 12.3 Å². The smallest absolute Gasteiger partial charge is 0.125 e. The van der Waals surface area contributed by atoms with Gasteiger partial charge in [-0.3, -0.25) is 0 Å². The molecule has 3 rings (SSSR count). The maximum atomic E-state index is 13.2. The van der Waals surface area contributed by atoms with Gasteiger partial charge in [0, 0.05) is 0 Å². The van der Waals surface area contributed by atoms with Crippen LogP contribution in [0, 0.1) is 11.7 Å². The lowest BCUT2D eigenvalue weighted by molar-refractivity contribution is 0.628. The van der Waals surface area contributed by atoms with E-state index >= 15 is 0 Å². The quantitative estimate of drug-likeness (QED) is 0.701. The van der Waals surface area contributed by atoms with Crippen LogP contribution in [0.15, 0.2) is 29.2 Å². The molecule has 0 bridgehead atoms. The average Bonchev–Trinajstić information content (AvgIpc) is 2.58. The molecule has 0 aromatic heterocycles. The van der Waals surface area contributed by atoms with Crippen LogP contribution in [0.2, 0.25) is 0 Å². The highest BCUT2D eigenvalue weighted by Crippen LogP contribution is 2.41. The molecule has 1 aromatic carbocycles. The van der Waals surface area contributed by atoms with Gasteiger partial charge < -0.3 is 10.6 Å². The normalized spacial score (nSPS) is 26.2. The number of thiocarbonyl (C=S) groups is 1. The molecule has 0 aliphatic carbocycles. The first-order chi connectivity index (χ1) is 8.13. The molecule has 2 nitrogen and oxygen atoms in total. The number of benzene rings is 1. The number of nitrogens with one attached hydrogen (secondary N) is 2. The molecule has 17 heavy (non-hydrogen) atoms. The van der Waals surface area contributed by atoms with Gasteiger partial charge in [0.2, 0.25) is 0 Å². The highest BCUT2D eigenvalue weighted by atomic mass is 32.2. The van der Waals surface area contributed by atoms with E-state index in [0.29, 0.717) is 0 Å². The van der Waals surface area contributed by atoms with Crippen molar-refractivity contribution in [2.24, 2.45) is 5.92 Å². The van der Waals surface area contributed by atoms with Gasteiger partial charge in [-0.1, -0.05) is 18.3 Å². The molecule has 2 aliphatic heterocycles. The number of allylic oxidation sites excluding steroid dienone is 1. The van der Waals surface area contributed by atoms with E-state index < -0.39 is 0 Å². The molecular formula is C12H11FN2S2. The Bertz CT molecular complexity index is 527. The highest BCUT2D eigenvalue weighted by Gasteiger charge is 2.33. The van der Waals surface area contributed by atoms with E-state index in [1.807, 2.05) is 0 Å². The van der Waals surface area contributed by atoms with E-state index in [1.54, 1.807) is 17.8 Å². The van der Waals surface area contributed by atoms with Gasteiger partial charge in [0.25, 0.3) is 0 Å². The molecule has 5 heteroatoms. The second-order valence-corrected chi connectivity index (χ2v) is 5.99. The monoisotopic (exact) mass is 266 g/mol. The number of thioether (sulfide) groups is 1. The van der Waals surface area contributed by atoms with Crippen LogP contribution in [0.25, 0.3) is 0 Å². The van der Waals surface area contributed by atoms with Crippen LogP contribution in [0.3, 0.4) is 0 Å². The van der Waals surface area contributed by atoms with Crippen LogP contribution in [0.1, 0.15) is 6.92 Å². The second-order valence-electron chi connectivity index (χ2n) is 4.17. The van der Waals surface area contributed by atoms with Crippen LogP contribution < -0.4 is 10.6 Å². The lowest BCUT2D eigenvalue weighted by Gasteiger charge is -2.17. The highest BCUT2D eigenvalue weighted by molar-refractivity contribution is 8.04. The molecular weight excluding hydrogens is 255 g/mol. The van der Waals surface area contributed by atoms with Crippen molar-refractivity contribution in [1.82, 2.24) is 0 Å². The minimum Gasteiger partial charge on any atom is -0.370 e. The molecule has 88 valence electrons. The minimum atomic E-state index is -0.241. The fourth-order valence-electron chi connectivity index (χ4n) is 2.10. The number of fused-ring (bicyclic) bond motifs is 2. The number of hydrogen-bond donors (Lipinski definition) is 2. The summed E-state index contributed by atoms with van der Waals surface area (Å²) in [7, 11) is 0. The van der Waals surface area contributed by atoms with Gasteiger partial charge in [-0.25, -0.2) is 4.39 Å². The molecule has 0 spiro atoms. The third-order valence-electron chi connectivity index (χ3n) is 2.89. The van der Waals surface area contributed by atoms with Crippen molar-refractivity contribution in [3.05, 3.63) is 35.0 Å².